The molecule has 1 aromatic carbocycles. The van der Waals surface area contributed by atoms with Gasteiger partial charge in [-0.05, 0) is 23.8 Å². The van der Waals surface area contributed by atoms with Crippen LogP contribution in [0.25, 0.3) is 6.08 Å². The molecule has 12 nitrogen and oxygen atoms in total. The van der Waals surface area contributed by atoms with E-state index in [-0.39, 0.29) is 5.56 Å². The first-order valence-corrected chi connectivity index (χ1v) is 9.41. The summed E-state index contributed by atoms with van der Waals surface area (Å²) in [6, 6.07) is 3.32. The quantitative estimate of drug-likeness (QED) is 0.138. The second-order valence-electron chi connectivity index (χ2n) is 6.60. The van der Waals surface area contributed by atoms with Gasteiger partial charge < -0.3 is 35.7 Å². The normalized spacial score (nSPS) is 32.9. The van der Waals surface area contributed by atoms with Crippen LogP contribution in [0.2, 0.25) is 0 Å². The molecule has 1 aliphatic rings. The Morgan fingerprint density at radius 1 is 1.10 bits per heavy atom. The highest BCUT2D eigenvalue weighted by atomic mass is 32.2. The summed E-state index contributed by atoms with van der Waals surface area (Å²) in [6.07, 6.45) is -5.20. The van der Waals surface area contributed by atoms with E-state index in [1.165, 1.54) is 6.07 Å². The molecule has 8 N–H and O–H groups in total. The highest BCUT2D eigenvalue weighted by Crippen LogP contribution is 2.40. The fraction of sp³-hybridized carbons (Fsp3) is 0.375. The van der Waals surface area contributed by atoms with Crippen molar-refractivity contribution < 1.29 is 58.3 Å². The summed E-state index contributed by atoms with van der Waals surface area (Å²) in [5.41, 5.74) is -6.58. The zero-order chi connectivity index (χ0) is 22.4. The van der Waals surface area contributed by atoms with Crippen LogP contribution in [0, 0.1) is 0 Å². The fourth-order valence-corrected chi connectivity index (χ4v) is 4.36. The van der Waals surface area contributed by atoms with Crippen molar-refractivity contribution in [2.45, 2.75) is 35.1 Å². The molecule has 2 rings (SSSR count). The average Bonchev–Trinajstić information content (AvgIpc) is 2.59. The number of phenolic OH excluding ortho intramolecular Hbond substituents is 2. The highest BCUT2D eigenvalue weighted by molar-refractivity contribution is 7.86. The smallest absolute Gasteiger partial charge is 0.337 e. The van der Waals surface area contributed by atoms with Crippen molar-refractivity contribution in [1.29, 1.82) is 0 Å². The van der Waals surface area contributed by atoms with E-state index in [0.717, 1.165) is 18.2 Å². The molecule has 0 saturated heterocycles. The number of rotatable bonds is 5. The van der Waals surface area contributed by atoms with Gasteiger partial charge in [0.15, 0.2) is 33.7 Å². The Hall–Kier alpha value is -2.55. The summed E-state index contributed by atoms with van der Waals surface area (Å²) in [5.74, 6) is -4.71. The molecule has 0 heterocycles. The number of carbonyl (C=O) groups excluding carboxylic acids is 1. The lowest BCUT2D eigenvalue weighted by Gasteiger charge is -2.47. The van der Waals surface area contributed by atoms with E-state index in [4.69, 9.17) is 5.11 Å². The average molecular weight is 434 g/mol. The first-order valence-electron chi connectivity index (χ1n) is 7.90. The van der Waals surface area contributed by atoms with Crippen molar-refractivity contribution in [3.63, 3.8) is 0 Å². The molecule has 29 heavy (non-hydrogen) atoms. The summed E-state index contributed by atoms with van der Waals surface area (Å²) in [6.45, 7) is 0. The second-order valence-corrected chi connectivity index (χ2v) is 8.14. The van der Waals surface area contributed by atoms with E-state index in [2.05, 4.69) is 0 Å². The third-order valence-corrected chi connectivity index (χ3v) is 6.02. The second kappa shape index (κ2) is 7.37. The van der Waals surface area contributed by atoms with Gasteiger partial charge >= 0.3 is 5.97 Å². The molecule has 0 amide bonds. The number of ketones is 1. The summed E-state index contributed by atoms with van der Waals surface area (Å²) >= 11 is 0. The molecule has 1 aliphatic carbocycles. The van der Waals surface area contributed by atoms with Crippen molar-refractivity contribution in [3.8, 4) is 11.5 Å². The predicted molar refractivity (Wildman–Crippen MR) is 93.3 cm³/mol. The molecule has 0 spiro atoms. The van der Waals surface area contributed by atoms with Gasteiger partial charge in [0, 0.05) is 6.42 Å². The Kier molecular flexibility index (Phi) is 5.77. The van der Waals surface area contributed by atoms with Gasteiger partial charge in [-0.25, -0.2) is 4.79 Å². The maximum Gasteiger partial charge on any atom is 0.337 e. The Bertz CT molecular complexity index is 970. The standard InChI is InChI=1S/C16H18O12S/c17-8-3-1-7(5-9(8)18)2-4-10(19)16(25)11(20)6-15(24,14(22)23)13(12(16)21)29(26,27)28/h1-5,11-13,17-18,20-21,24-25H,6H2,(H,22,23)(H,26,27,28)/b4-2+/t11-,12-,13?,15?,16?/m1/s1. The third-order valence-electron chi connectivity index (χ3n) is 4.73. The van der Waals surface area contributed by atoms with Gasteiger partial charge in [0.25, 0.3) is 10.1 Å². The van der Waals surface area contributed by atoms with Crippen LogP contribution in [0.15, 0.2) is 24.3 Å². The number of aliphatic hydroxyl groups is 4. The van der Waals surface area contributed by atoms with Crippen molar-refractivity contribution in [2.75, 3.05) is 0 Å². The van der Waals surface area contributed by atoms with Crippen LogP contribution >= 0.6 is 0 Å². The van der Waals surface area contributed by atoms with Crippen molar-refractivity contribution in [1.82, 2.24) is 0 Å². The van der Waals surface area contributed by atoms with Gasteiger partial charge in [0.05, 0.1) is 6.10 Å². The summed E-state index contributed by atoms with van der Waals surface area (Å²) < 4.78 is 32.4. The third kappa shape index (κ3) is 3.83. The predicted octanol–water partition coefficient (Wildman–Crippen LogP) is -2.39. The van der Waals surface area contributed by atoms with E-state index in [0.29, 0.717) is 6.08 Å². The van der Waals surface area contributed by atoms with Gasteiger partial charge in [-0.2, -0.15) is 8.42 Å². The zero-order valence-electron chi connectivity index (χ0n) is 14.4. The van der Waals surface area contributed by atoms with Gasteiger partial charge in [-0.15, -0.1) is 0 Å². The molecular formula is C16H18O12S. The molecule has 3 unspecified atom stereocenters. The minimum absolute atomic E-state index is 0.116. The van der Waals surface area contributed by atoms with Gasteiger partial charge in [-0.3, -0.25) is 9.35 Å². The number of carbonyl (C=O) groups is 2. The largest absolute Gasteiger partial charge is 0.504 e. The minimum atomic E-state index is -5.52. The SMILES string of the molecule is O=C(O)C1(O)C[C@@H](O)C(O)(C(=O)/C=C/c2ccc(O)c(O)c2)[C@H](O)C1S(=O)(=O)O. The number of aromatic hydroxyl groups is 2. The topological polar surface area (TPSA) is 230 Å². The van der Waals surface area contributed by atoms with E-state index >= 15 is 0 Å². The van der Waals surface area contributed by atoms with E-state index in [1.54, 1.807) is 0 Å². The molecule has 0 aliphatic heterocycles. The Labute approximate surface area is 163 Å². The highest BCUT2D eigenvalue weighted by Gasteiger charge is 2.68. The van der Waals surface area contributed by atoms with Crippen molar-refractivity contribution >= 4 is 27.9 Å². The summed E-state index contributed by atoms with van der Waals surface area (Å²) in [4.78, 5) is 23.7. The number of phenols is 2. The molecule has 160 valence electrons. The Balaban J connectivity index is 2.47. The lowest BCUT2D eigenvalue weighted by molar-refractivity contribution is -0.213. The Morgan fingerprint density at radius 3 is 2.17 bits per heavy atom. The van der Waals surface area contributed by atoms with Crippen LogP contribution in [0.1, 0.15) is 12.0 Å². The maximum absolute atomic E-state index is 12.4. The van der Waals surface area contributed by atoms with Crippen molar-refractivity contribution in [3.05, 3.63) is 29.8 Å². The van der Waals surface area contributed by atoms with Crippen LogP contribution in [0.4, 0.5) is 0 Å². The lowest BCUT2D eigenvalue weighted by Crippen LogP contribution is -2.75. The minimum Gasteiger partial charge on any atom is -0.504 e. The van der Waals surface area contributed by atoms with Gasteiger partial charge in [0.2, 0.25) is 0 Å². The van der Waals surface area contributed by atoms with Crippen LogP contribution in [-0.4, -0.2) is 89.1 Å². The maximum atomic E-state index is 12.4. The molecule has 0 aromatic heterocycles. The number of aliphatic hydroxyl groups excluding tert-OH is 2. The monoisotopic (exact) mass is 434 g/mol. The molecule has 1 saturated carbocycles. The number of hydrogen-bond acceptors (Lipinski definition) is 10. The number of benzene rings is 1. The number of aliphatic carboxylic acids is 1. The molecule has 5 atom stereocenters. The molecule has 0 radical (unpaired) electrons. The van der Waals surface area contributed by atoms with E-state index in [1.807, 2.05) is 0 Å². The van der Waals surface area contributed by atoms with Crippen LogP contribution in [0.5, 0.6) is 11.5 Å². The first-order chi connectivity index (χ1) is 13.2. The fourth-order valence-electron chi connectivity index (χ4n) is 3.13. The summed E-state index contributed by atoms with van der Waals surface area (Å²) in [7, 11) is -5.52. The number of hydrogen-bond donors (Lipinski definition) is 8. The van der Waals surface area contributed by atoms with E-state index < -0.39 is 68.5 Å². The first kappa shape index (κ1) is 22.7. The number of carboxylic acids is 1. The zero-order valence-corrected chi connectivity index (χ0v) is 15.3. The molecule has 0 bridgehead atoms. The molecular weight excluding hydrogens is 416 g/mol. The van der Waals surface area contributed by atoms with Crippen LogP contribution in [-0.2, 0) is 19.7 Å². The Morgan fingerprint density at radius 2 is 1.69 bits per heavy atom. The van der Waals surface area contributed by atoms with Crippen LogP contribution < -0.4 is 0 Å². The van der Waals surface area contributed by atoms with E-state index in [9.17, 15) is 53.2 Å². The molecule has 13 heteroatoms. The van der Waals surface area contributed by atoms with Crippen LogP contribution in [0.3, 0.4) is 0 Å². The lowest BCUT2D eigenvalue weighted by atomic mass is 9.69. The van der Waals surface area contributed by atoms with Gasteiger partial charge in [-0.1, -0.05) is 12.1 Å². The molecule has 1 aromatic rings. The summed E-state index contributed by atoms with van der Waals surface area (Å²) in [5, 5.41) is 65.7. The number of carboxylic acid groups (broad SMARTS) is 1. The van der Waals surface area contributed by atoms with Gasteiger partial charge in [0.1, 0.15) is 6.10 Å². The molecule has 1 fully saturated rings. The van der Waals surface area contributed by atoms with Crippen molar-refractivity contribution in [2.24, 2.45) is 0 Å².